The van der Waals surface area contributed by atoms with Crippen LogP contribution in [0.5, 0.6) is 5.75 Å². The Bertz CT molecular complexity index is 879. The summed E-state index contributed by atoms with van der Waals surface area (Å²) >= 11 is 0. The van der Waals surface area contributed by atoms with Gasteiger partial charge in [0, 0.05) is 0 Å². The Balaban J connectivity index is 2.07. The summed E-state index contributed by atoms with van der Waals surface area (Å²) in [4.78, 5) is 22.8. The maximum atomic E-state index is 11.4. The highest BCUT2D eigenvalue weighted by Crippen LogP contribution is 2.31. The van der Waals surface area contributed by atoms with E-state index < -0.39 is 22.8 Å². The maximum absolute atomic E-state index is 11.4. The summed E-state index contributed by atoms with van der Waals surface area (Å²) in [6.07, 6.45) is 6.42. The number of carbonyl (C=O) groups is 2. The summed E-state index contributed by atoms with van der Waals surface area (Å²) in [6.45, 7) is 7.58. The predicted octanol–water partition coefficient (Wildman–Crippen LogP) is 6.91. The van der Waals surface area contributed by atoms with Crippen molar-refractivity contribution in [2.75, 3.05) is 0 Å². The third-order valence-electron chi connectivity index (χ3n) is 6.56. The van der Waals surface area contributed by atoms with Crippen LogP contribution in [0.2, 0.25) is 0 Å². The molecule has 0 spiro atoms. The molecule has 0 amide bonds. The average molecular weight is 469 g/mol. The Morgan fingerprint density at radius 1 is 0.706 bits per heavy atom. The lowest BCUT2D eigenvalue weighted by atomic mass is 9.86. The third-order valence-corrected chi connectivity index (χ3v) is 6.56. The van der Waals surface area contributed by atoms with Crippen LogP contribution in [-0.4, -0.2) is 22.2 Å². The number of aliphatic carboxylic acids is 2. The molecule has 0 aliphatic heterocycles. The fourth-order valence-corrected chi connectivity index (χ4v) is 3.93. The van der Waals surface area contributed by atoms with Gasteiger partial charge in [0.15, 0.2) is 0 Å². The second-order valence-corrected chi connectivity index (χ2v) is 10.5. The molecule has 2 aromatic carbocycles. The van der Waals surface area contributed by atoms with Gasteiger partial charge in [-0.3, -0.25) is 9.59 Å². The molecule has 0 bridgehead atoms. The van der Waals surface area contributed by atoms with E-state index in [9.17, 15) is 19.8 Å². The number of para-hydroxylation sites is 1. The van der Waals surface area contributed by atoms with Gasteiger partial charge in [0.25, 0.3) is 0 Å². The Morgan fingerprint density at radius 3 is 1.62 bits per heavy atom. The van der Waals surface area contributed by atoms with E-state index in [1.807, 2.05) is 30.3 Å². The number of carboxylic acid groups (broad SMARTS) is 2. The fourth-order valence-electron chi connectivity index (χ4n) is 3.93. The van der Waals surface area contributed by atoms with Crippen LogP contribution in [0.25, 0.3) is 0 Å². The van der Waals surface area contributed by atoms with E-state index >= 15 is 0 Å². The van der Waals surface area contributed by atoms with Crippen molar-refractivity contribution < 1.29 is 24.5 Å². The van der Waals surface area contributed by atoms with Gasteiger partial charge < -0.3 is 14.9 Å². The number of hydrogen-bond acceptors (Lipinski definition) is 3. The van der Waals surface area contributed by atoms with Crippen molar-refractivity contribution in [3.05, 3.63) is 65.2 Å². The molecule has 0 heterocycles. The molecule has 0 fully saturated rings. The zero-order valence-electron chi connectivity index (χ0n) is 21.1. The van der Waals surface area contributed by atoms with Crippen LogP contribution in [0.4, 0.5) is 0 Å². The molecule has 0 saturated heterocycles. The summed E-state index contributed by atoms with van der Waals surface area (Å²) in [6, 6.07) is 16.3. The maximum Gasteiger partial charge on any atom is 0.309 e. The van der Waals surface area contributed by atoms with Crippen molar-refractivity contribution in [1.82, 2.24) is 0 Å². The Hall–Kier alpha value is -2.82. The second kappa shape index (κ2) is 12.6. The molecule has 0 aliphatic rings. The standard InChI is InChI=1S/C29H40O5/c1-28(2,26(30)31)19-10-8-15-23-17-12-18-24(16-9-11-20-29(3,4)27(32)33)25(23)34-21-22-13-6-5-7-14-22/h5-7,12-14,17-18H,8-11,15-16,19-21H2,1-4H3,(H,30,31)(H,32,33). The SMILES string of the molecule is CC(C)(CCCCc1cccc(CCCCC(C)(C)C(=O)O)c1OCc1ccccc1)C(=O)O. The predicted molar refractivity (Wildman–Crippen MR) is 135 cm³/mol. The molecular weight excluding hydrogens is 428 g/mol. The van der Waals surface area contributed by atoms with Crippen molar-refractivity contribution in [3.63, 3.8) is 0 Å². The molecule has 34 heavy (non-hydrogen) atoms. The lowest BCUT2D eigenvalue weighted by molar-refractivity contribution is -0.148. The molecule has 0 aromatic heterocycles. The number of unbranched alkanes of at least 4 members (excludes halogenated alkanes) is 2. The van der Waals surface area contributed by atoms with Crippen LogP contribution in [0, 0.1) is 10.8 Å². The monoisotopic (exact) mass is 468 g/mol. The van der Waals surface area contributed by atoms with Crippen LogP contribution < -0.4 is 4.74 Å². The van der Waals surface area contributed by atoms with Crippen LogP contribution in [0.1, 0.15) is 82.9 Å². The number of carboxylic acids is 2. The Kier molecular flexibility index (Phi) is 10.2. The molecule has 0 unspecified atom stereocenters. The number of hydrogen-bond donors (Lipinski definition) is 2. The van der Waals surface area contributed by atoms with Crippen molar-refractivity contribution in [1.29, 1.82) is 0 Å². The second-order valence-electron chi connectivity index (χ2n) is 10.5. The summed E-state index contributed by atoms with van der Waals surface area (Å²) in [5, 5.41) is 18.7. The van der Waals surface area contributed by atoms with Crippen molar-refractivity contribution in [3.8, 4) is 5.75 Å². The van der Waals surface area contributed by atoms with Crippen molar-refractivity contribution in [2.45, 2.75) is 85.7 Å². The van der Waals surface area contributed by atoms with Crippen molar-refractivity contribution in [2.24, 2.45) is 10.8 Å². The highest BCUT2D eigenvalue weighted by atomic mass is 16.5. The summed E-state index contributed by atoms with van der Waals surface area (Å²) < 4.78 is 6.34. The molecule has 5 heteroatoms. The minimum atomic E-state index is -0.757. The van der Waals surface area contributed by atoms with Gasteiger partial charge in [-0.05, 0) is 82.9 Å². The lowest BCUT2D eigenvalue weighted by Crippen LogP contribution is -2.23. The first kappa shape index (κ1) is 27.4. The molecular formula is C29H40O5. The van der Waals surface area contributed by atoms with Crippen LogP contribution >= 0.6 is 0 Å². The molecule has 186 valence electrons. The van der Waals surface area contributed by atoms with Crippen LogP contribution in [0.15, 0.2) is 48.5 Å². The van der Waals surface area contributed by atoms with E-state index in [2.05, 4.69) is 18.2 Å². The van der Waals surface area contributed by atoms with E-state index in [0.29, 0.717) is 19.4 Å². The van der Waals surface area contributed by atoms with Gasteiger partial charge in [-0.1, -0.05) is 61.4 Å². The molecule has 2 N–H and O–H groups in total. The third kappa shape index (κ3) is 8.51. The first-order valence-corrected chi connectivity index (χ1v) is 12.3. The van der Waals surface area contributed by atoms with E-state index in [4.69, 9.17) is 4.74 Å². The lowest BCUT2D eigenvalue weighted by Gasteiger charge is -2.20. The molecule has 2 aromatic rings. The van der Waals surface area contributed by atoms with Crippen molar-refractivity contribution >= 4 is 11.9 Å². The number of rotatable bonds is 15. The highest BCUT2D eigenvalue weighted by molar-refractivity contribution is 5.73. The summed E-state index contributed by atoms with van der Waals surface area (Å²) in [7, 11) is 0. The molecule has 0 radical (unpaired) electrons. The van der Waals surface area contributed by atoms with E-state index in [-0.39, 0.29) is 0 Å². The number of ether oxygens (including phenoxy) is 1. The first-order chi connectivity index (χ1) is 16.0. The fraction of sp³-hybridized carbons (Fsp3) is 0.517. The topological polar surface area (TPSA) is 83.8 Å². The Labute approximate surface area is 204 Å². The average Bonchev–Trinajstić information content (AvgIpc) is 2.79. The van der Waals surface area contributed by atoms with Crippen LogP contribution in [-0.2, 0) is 29.0 Å². The largest absolute Gasteiger partial charge is 0.488 e. The smallest absolute Gasteiger partial charge is 0.309 e. The Morgan fingerprint density at radius 2 is 1.18 bits per heavy atom. The number of aryl methyl sites for hydroxylation is 2. The van der Waals surface area contributed by atoms with Gasteiger partial charge in [0.1, 0.15) is 12.4 Å². The molecule has 2 rings (SSSR count). The molecule has 0 saturated carbocycles. The van der Waals surface area contributed by atoms with Gasteiger partial charge in [-0.2, -0.15) is 0 Å². The highest BCUT2D eigenvalue weighted by Gasteiger charge is 2.27. The van der Waals surface area contributed by atoms with Gasteiger partial charge >= 0.3 is 11.9 Å². The summed E-state index contributed by atoms with van der Waals surface area (Å²) in [5.74, 6) is -0.596. The minimum absolute atomic E-state index is 0.489. The van der Waals surface area contributed by atoms with Crippen LogP contribution in [0.3, 0.4) is 0 Å². The van der Waals surface area contributed by atoms with E-state index in [1.165, 1.54) is 0 Å². The molecule has 0 aliphatic carbocycles. The van der Waals surface area contributed by atoms with Gasteiger partial charge in [-0.15, -0.1) is 0 Å². The van der Waals surface area contributed by atoms with E-state index in [0.717, 1.165) is 61.0 Å². The van der Waals surface area contributed by atoms with Gasteiger partial charge in [0.2, 0.25) is 0 Å². The molecule has 0 atom stereocenters. The molecule has 5 nitrogen and oxygen atoms in total. The van der Waals surface area contributed by atoms with Gasteiger partial charge in [-0.25, -0.2) is 0 Å². The quantitative estimate of drug-likeness (QED) is 0.277. The van der Waals surface area contributed by atoms with Gasteiger partial charge in [0.05, 0.1) is 10.8 Å². The number of benzene rings is 2. The minimum Gasteiger partial charge on any atom is -0.488 e. The zero-order valence-corrected chi connectivity index (χ0v) is 21.1. The summed E-state index contributed by atoms with van der Waals surface area (Å²) in [5.41, 5.74) is 1.98. The van der Waals surface area contributed by atoms with E-state index in [1.54, 1.807) is 27.7 Å². The normalized spacial score (nSPS) is 11.9. The first-order valence-electron chi connectivity index (χ1n) is 12.3. The zero-order chi connectivity index (χ0) is 25.2.